The van der Waals surface area contributed by atoms with Crippen LogP contribution in [0.25, 0.3) is 6.08 Å². The lowest BCUT2D eigenvalue weighted by Gasteiger charge is -2.35. The fourth-order valence-corrected chi connectivity index (χ4v) is 4.19. The molecule has 30 heavy (non-hydrogen) atoms. The highest BCUT2D eigenvalue weighted by molar-refractivity contribution is 7.93. The first kappa shape index (κ1) is 22.6. The molecule has 1 aromatic carbocycles. The van der Waals surface area contributed by atoms with Crippen LogP contribution in [0.2, 0.25) is 0 Å². The van der Waals surface area contributed by atoms with E-state index in [2.05, 4.69) is 9.62 Å². The zero-order valence-corrected chi connectivity index (χ0v) is 17.0. The zero-order chi connectivity index (χ0) is 21.7. The molecule has 0 saturated carbocycles. The van der Waals surface area contributed by atoms with E-state index in [-0.39, 0.29) is 13.2 Å². The van der Waals surface area contributed by atoms with Crippen molar-refractivity contribution in [2.75, 3.05) is 44.4 Å². The number of nitriles is 1. The standard InChI is InChI=1S/C19H25N3O7S/c20-10-15(9-13-1-3-14(4-2-13)22-5-7-28-8-6-22)30(26,27)21-11-17-19(25)18(24)16(23)12-29-17/h1-4,9,16-19,21,23-25H,5-8,11-12H2. The van der Waals surface area contributed by atoms with Gasteiger partial charge in [-0.05, 0) is 23.8 Å². The lowest BCUT2D eigenvalue weighted by molar-refractivity contribution is -0.184. The van der Waals surface area contributed by atoms with Crippen molar-refractivity contribution in [1.82, 2.24) is 4.72 Å². The number of hydrogen-bond acceptors (Lipinski definition) is 9. The topological polar surface area (TPSA) is 152 Å². The molecule has 0 spiro atoms. The number of rotatable bonds is 6. The number of ether oxygens (including phenoxy) is 2. The van der Waals surface area contributed by atoms with Crippen molar-refractivity contribution in [3.8, 4) is 6.07 Å². The van der Waals surface area contributed by atoms with E-state index in [1.807, 2.05) is 12.1 Å². The van der Waals surface area contributed by atoms with Gasteiger partial charge in [-0.3, -0.25) is 0 Å². The van der Waals surface area contributed by atoms with Crippen LogP contribution >= 0.6 is 0 Å². The smallest absolute Gasteiger partial charge is 0.250 e. The van der Waals surface area contributed by atoms with Crippen molar-refractivity contribution in [3.63, 3.8) is 0 Å². The number of morpholine rings is 1. The Balaban J connectivity index is 1.66. The number of allylic oxidation sites excluding steroid dienone is 1. The van der Waals surface area contributed by atoms with Crippen LogP contribution in [-0.2, 0) is 19.5 Å². The van der Waals surface area contributed by atoms with Gasteiger partial charge in [-0.1, -0.05) is 12.1 Å². The molecule has 0 aliphatic carbocycles. The van der Waals surface area contributed by atoms with E-state index in [0.717, 1.165) is 18.8 Å². The monoisotopic (exact) mass is 439 g/mol. The molecule has 4 unspecified atom stereocenters. The van der Waals surface area contributed by atoms with Gasteiger partial charge in [-0.2, -0.15) is 5.26 Å². The first-order valence-electron chi connectivity index (χ1n) is 9.52. The van der Waals surface area contributed by atoms with Crippen LogP contribution in [0.5, 0.6) is 0 Å². The molecule has 0 radical (unpaired) electrons. The van der Waals surface area contributed by atoms with E-state index < -0.39 is 39.3 Å². The summed E-state index contributed by atoms with van der Waals surface area (Å²) in [6, 6.07) is 8.83. The van der Waals surface area contributed by atoms with Gasteiger partial charge in [-0.15, -0.1) is 0 Å². The molecule has 4 N–H and O–H groups in total. The largest absolute Gasteiger partial charge is 0.388 e. The predicted molar refractivity (Wildman–Crippen MR) is 108 cm³/mol. The first-order chi connectivity index (χ1) is 14.3. The lowest BCUT2D eigenvalue weighted by atomic mass is 10.0. The van der Waals surface area contributed by atoms with Gasteiger partial charge in [0.05, 0.1) is 25.9 Å². The fourth-order valence-electron chi connectivity index (χ4n) is 3.24. The normalized spacial score (nSPS) is 28.2. The van der Waals surface area contributed by atoms with E-state index in [0.29, 0.717) is 18.8 Å². The van der Waals surface area contributed by atoms with Crippen molar-refractivity contribution in [2.45, 2.75) is 24.4 Å². The van der Waals surface area contributed by atoms with Gasteiger partial charge in [0.2, 0.25) is 0 Å². The maximum absolute atomic E-state index is 12.5. The van der Waals surface area contributed by atoms with E-state index >= 15 is 0 Å². The summed E-state index contributed by atoms with van der Waals surface area (Å²) >= 11 is 0. The number of aliphatic hydroxyl groups is 3. The Hall–Kier alpha value is -2.04. The molecule has 0 bridgehead atoms. The van der Waals surface area contributed by atoms with Crippen LogP contribution < -0.4 is 9.62 Å². The maximum atomic E-state index is 12.5. The van der Waals surface area contributed by atoms with Crippen molar-refractivity contribution in [2.24, 2.45) is 0 Å². The molecule has 2 saturated heterocycles. The molecule has 10 nitrogen and oxygen atoms in total. The highest BCUT2D eigenvalue weighted by Gasteiger charge is 2.38. The van der Waals surface area contributed by atoms with Gasteiger partial charge in [-0.25, -0.2) is 13.1 Å². The second-order valence-corrected chi connectivity index (χ2v) is 8.82. The number of sulfonamides is 1. The average molecular weight is 439 g/mol. The van der Waals surface area contributed by atoms with Gasteiger partial charge >= 0.3 is 0 Å². The van der Waals surface area contributed by atoms with Gasteiger partial charge in [0.1, 0.15) is 24.4 Å². The Morgan fingerprint density at radius 1 is 1.20 bits per heavy atom. The van der Waals surface area contributed by atoms with Crippen LogP contribution in [-0.4, -0.2) is 87.6 Å². The minimum atomic E-state index is -4.17. The third kappa shape index (κ3) is 5.35. The van der Waals surface area contributed by atoms with Crippen LogP contribution in [0.3, 0.4) is 0 Å². The number of benzene rings is 1. The number of nitrogens with one attached hydrogen (secondary N) is 1. The molecule has 2 fully saturated rings. The Kier molecular flexibility index (Phi) is 7.43. The van der Waals surface area contributed by atoms with Gasteiger partial charge in [0.15, 0.2) is 4.91 Å². The third-order valence-electron chi connectivity index (χ3n) is 5.05. The summed E-state index contributed by atoms with van der Waals surface area (Å²) in [7, 11) is -4.17. The van der Waals surface area contributed by atoms with Crippen LogP contribution in [0.1, 0.15) is 5.56 Å². The molecule has 164 valence electrons. The van der Waals surface area contributed by atoms with Crippen molar-refractivity contribution in [1.29, 1.82) is 5.26 Å². The predicted octanol–water partition coefficient (Wildman–Crippen LogP) is -1.21. The van der Waals surface area contributed by atoms with E-state index in [4.69, 9.17) is 9.47 Å². The Labute approximate surface area is 175 Å². The number of anilines is 1. The molecular weight excluding hydrogens is 414 g/mol. The third-order valence-corrected chi connectivity index (χ3v) is 6.38. The SMILES string of the molecule is N#CC(=Cc1ccc(N2CCOCC2)cc1)S(=O)(=O)NCC1OCC(O)C(O)C1O. The summed E-state index contributed by atoms with van der Waals surface area (Å²) < 4.78 is 37.7. The molecule has 0 aromatic heterocycles. The van der Waals surface area contributed by atoms with Crippen LogP contribution in [0, 0.1) is 11.3 Å². The van der Waals surface area contributed by atoms with Crippen molar-refractivity contribution in [3.05, 3.63) is 34.7 Å². The molecule has 4 atom stereocenters. The quantitative estimate of drug-likeness (QED) is 0.400. The summed E-state index contributed by atoms with van der Waals surface area (Å²) in [5, 5.41) is 38.4. The number of aliphatic hydroxyl groups excluding tert-OH is 3. The molecule has 2 aliphatic rings. The summed E-state index contributed by atoms with van der Waals surface area (Å²) in [6.45, 7) is 2.26. The second-order valence-electron chi connectivity index (χ2n) is 7.08. The molecule has 3 rings (SSSR count). The van der Waals surface area contributed by atoms with Gasteiger partial charge < -0.3 is 29.7 Å². The molecule has 1 aromatic rings. The zero-order valence-electron chi connectivity index (χ0n) is 16.2. The summed E-state index contributed by atoms with van der Waals surface area (Å²) in [5.41, 5.74) is 1.53. The lowest BCUT2D eigenvalue weighted by Crippen LogP contribution is -2.56. The van der Waals surface area contributed by atoms with Crippen LogP contribution in [0.4, 0.5) is 5.69 Å². The minimum Gasteiger partial charge on any atom is -0.388 e. The van der Waals surface area contributed by atoms with Crippen molar-refractivity contribution < 1.29 is 33.2 Å². The molecule has 2 aliphatic heterocycles. The van der Waals surface area contributed by atoms with E-state index in [1.54, 1.807) is 18.2 Å². The van der Waals surface area contributed by atoms with E-state index in [9.17, 15) is 29.0 Å². The average Bonchev–Trinajstić information content (AvgIpc) is 2.76. The summed E-state index contributed by atoms with van der Waals surface area (Å²) in [6.07, 6.45) is -3.95. The second kappa shape index (κ2) is 9.84. The van der Waals surface area contributed by atoms with E-state index in [1.165, 1.54) is 6.08 Å². The highest BCUT2D eigenvalue weighted by atomic mass is 32.2. The summed E-state index contributed by atoms with van der Waals surface area (Å²) in [4.78, 5) is 1.66. The Morgan fingerprint density at radius 2 is 1.87 bits per heavy atom. The van der Waals surface area contributed by atoms with Crippen LogP contribution in [0.15, 0.2) is 29.2 Å². The van der Waals surface area contributed by atoms with Gasteiger partial charge in [0, 0.05) is 25.3 Å². The molecule has 11 heteroatoms. The Morgan fingerprint density at radius 3 is 2.50 bits per heavy atom. The summed E-state index contributed by atoms with van der Waals surface area (Å²) in [5.74, 6) is 0. The molecular formula is C19H25N3O7S. The highest BCUT2D eigenvalue weighted by Crippen LogP contribution is 2.20. The molecule has 2 heterocycles. The molecule has 0 amide bonds. The van der Waals surface area contributed by atoms with Gasteiger partial charge in [0.25, 0.3) is 10.0 Å². The first-order valence-corrected chi connectivity index (χ1v) is 11.0. The number of hydrogen-bond donors (Lipinski definition) is 4. The Bertz CT molecular complexity index is 892. The maximum Gasteiger partial charge on any atom is 0.250 e. The number of nitrogens with zero attached hydrogens (tertiary/aromatic N) is 2. The fraction of sp³-hybridized carbons (Fsp3) is 0.526. The minimum absolute atomic E-state index is 0.235. The van der Waals surface area contributed by atoms with Crippen molar-refractivity contribution >= 4 is 21.8 Å².